The molecule has 246 valence electrons. The van der Waals surface area contributed by atoms with Gasteiger partial charge in [-0.1, -0.05) is 122 Å². The van der Waals surface area contributed by atoms with Gasteiger partial charge in [0.05, 0.1) is 11.1 Å². The van der Waals surface area contributed by atoms with Gasteiger partial charge in [0.2, 0.25) is 0 Å². The first-order valence-corrected chi connectivity index (χ1v) is 20.9. The molecule has 2 aromatic heterocycles. The zero-order valence-electron chi connectivity index (χ0n) is 28.9. The highest BCUT2D eigenvalue weighted by molar-refractivity contribution is 7.04. The molecule has 3 nitrogen and oxygen atoms in total. The monoisotopic (exact) mass is 683 g/mol. The van der Waals surface area contributed by atoms with E-state index < -0.39 is 8.07 Å². The zero-order chi connectivity index (χ0) is 34.6. The number of rotatable bonds is 4. The van der Waals surface area contributed by atoms with Gasteiger partial charge in [-0.3, -0.25) is 0 Å². The lowest BCUT2D eigenvalue weighted by Crippen LogP contribution is -2.49. The maximum Gasteiger partial charge on any atom is 0.143 e. The van der Waals surface area contributed by atoms with Crippen molar-refractivity contribution in [1.82, 2.24) is 0 Å². The maximum atomic E-state index is 6.63. The van der Waals surface area contributed by atoms with E-state index in [1.54, 1.807) is 0 Å². The van der Waals surface area contributed by atoms with Crippen molar-refractivity contribution in [3.8, 4) is 22.3 Å². The summed E-state index contributed by atoms with van der Waals surface area (Å²) in [6.07, 6.45) is 0. The molecule has 0 saturated carbocycles. The van der Waals surface area contributed by atoms with Gasteiger partial charge in [0, 0.05) is 33.1 Å². The molecule has 10 aromatic rings. The fraction of sp³-hybridized carbons (Fsp3) is 0.0417. The summed E-state index contributed by atoms with van der Waals surface area (Å²) in [7, 11) is -2.11. The van der Waals surface area contributed by atoms with E-state index in [0.717, 1.165) is 50.2 Å². The van der Waals surface area contributed by atoms with Gasteiger partial charge in [0.25, 0.3) is 0 Å². The Morgan fingerprint density at radius 3 is 2.06 bits per heavy atom. The van der Waals surface area contributed by atoms with Crippen LogP contribution in [0.25, 0.3) is 76.9 Å². The fourth-order valence-corrected chi connectivity index (χ4v) is 11.7. The van der Waals surface area contributed by atoms with Crippen LogP contribution in [-0.4, -0.2) is 8.07 Å². The molecular formula is C48H33NO2Si. The Hall–Kier alpha value is -6.36. The lowest BCUT2D eigenvalue weighted by Gasteiger charge is -2.28. The summed E-state index contributed by atoms with van der Waals surface area (Å²) in [5, 5.41) is 9.91. The van der Waals surface area contributed by atoms with Crippen LogP contribution in [-0.2, 0) is 0 Å². The Bertz CT molecular complexity index is 3080. The molecule has 0 radical (unpaired) electrons. The van der Waals surface area contributed by atoms with Crippen LogP contribution < -0.4 is 15.3 Å². The van der Waals surface area contributed by atoms with Crippen molar-refractivity contribution >= 4 is 90.2 Å². The summed E-state index contributed by atoms with van der Waals surface area (Å²) in [6, 6.07) is 59.2. The Labute approximate surface area is 302 Å². The van der Waals surface area contributed by atoms with Gasteiger partial charge in [-0.25, -0.2) is 0 Å². The molecule has 3 heterocycles. The van der Waals surface area contributed by atoms with Crippen LogP contribution >= 0.6 is 0 Å². The first kappa shape index (κ1) is 29.4. The van der Waals surface area contributed by atoms with Crippen molar-refractivity contribution in [2.24, 2.45) is 0 Å². The summed E-state index contributed by atoms with van der Waals surface area (Å²) in [5.41, 5.74) is 11.9. The number of benzene rings is 8. The normalized spacial score (nSPS) is 13.3. The Morgan fingerprint density at radius 1 is 0.462 bits per heavy atom. The smallest absolute Gasteiger partial charge is 0.143 e. The molecule has 11 rings (SSSR count). The van der Waals surface area contributed by atoms with E-state index in [-0.39, 0.29) is 0 Å². The van der Waals surface area contributed by atoms with Crippen molar-refractivity contribution in [3.05, 3.63) is 164 Å². The minimum atomic E-state index is -2.11. The van der Waals surface area contributed by atoms with Crippen molar-refractivity contribution in [1.29, 1.82) is 0 Å². The quantitative estimate of drug-likeness (QED) is 0.173. The summed E-state index contributed by atoms with van der Waals surface area (Å²) in [6.45, 7) is 4.95. The number of nitrogens with zero attached hydrogens (tertiary/aromatic N) is 1. The third-order valence-electron chi connectivity index (χ3n) is 11.2. The van der Waals surface area contributed by atoms with E-state index in [0.29, 0.717) is 0 Å². The first-order valence-electron chi connectivity index (χ1n) is 17.9. The number of fused-ring (bicyclic) bond motifs is 11. The second kappa shape index (κ2) is 10.8. The highest BCUT2D eigenvalue weighted by atomic mass is 28.3. The molecule has 52 heavy (non-hydrogen) atoms. The predicted molar refractivity (Wildman–Crippen MR) is 221 cm³/mol. The Balaban J connectivity index is 1.15. The summed E-state index contributed by atoms with van der Waals surface area (Å²) < 4.78 is 13.1. The average molecular weight is 684 g/mol. The number of para-hydroxylation sites is 2. The summed E-state index contributed by atoms with van der Waals surface area (Å²) >= 11 is 0. The second-order valence-corrected chi connectivity index (χ2v) is 18.8. The molecule has 0 bridgehead atoms. The largest absolute Gasteiger partial charge is 0.456 e. The molecule has 0 amide bonds. The van der Waals surface area contributed by atoms with Crippen LogP contribution in [0, 0.1) is 0 Å². The SMILES string of the molecule is C[Si]1(C)c2cc(N(c3cccc(-c4ccc5ccccc5c4)c3)c3cccc4oc5ccccc5c34)ccc2-c2c1ccc1c2oc2ccccc21. The molecule has 0 saturated heterocycles. The van der Waals surface area contributed by atoms with Gasteiger partial charge < -0.3 is 13.7 Å². The zero-order valence-corrected chi connectivity index (χ0v) is 29.9. The number of hydrogen-bond donors (Lipinski definition) is 0. The van der Waals surface area contributed by atoms with Gasteiger partial charge in [0.1, 0.15) is 30.4 Å². The third-order valence-corrected chi connectivity index (χ3v) is 14.8. The van der Waals surface area contributed by atoms with Crippen molar-refractivity contribution in [3.63, 3.8) is 0 Å². The number of furan rings is 2. The van der Waals surface area contributed by atoms with Gasteiger partial charge in [-0.05, 0) is 92.4 Å². The number of hydrogen-bond acceptors (Lipinski definition) is 3. The van der Waals surface area contributed by atoms with Crippen LogP contribution in [0.3, 0.4) is 0 Å². The van der Waals surface area contributed by atoms with E-state index in [2.05, 4.69) is 176 Å². The van der Waals surface area contributed by atoms with Gasteiger partial charge in [-0.15, -0.1) is 0 Å². The molecule has 1 aliphatic heterocycles. The van der Waals surface area contributed by atoms with Crippen LogP contribution in [0.5, 0.6) is 0 Å². The lowest BCUT2D eigenvalue weighted by atomic mass is 9.99. The van der Waals surface area contributed by atoms with E-state index in [4.69, 9.17) is 8.83 Å². The van der Waals surface area contributed by atoms with Crippen molar-refractivity contribution < 1.29 is 8.83 Å². The number of anilines is 3. The third kappa shape index (κ3) is 4.19. The van der Waals surface area contributed by atoms with E-state index in [1.807, 2.05) is 6.07 Å². The highest BCUT2D eigenvalue weighted by Crippen LogP contribution is 2.45. The molecule has 4 heteroatoms. The summed E-state index contributed by atoms with van der Waals surface area (Å²) in [5.74, 6) is 0. The van der Waals surface area contributed by atoms with Crippen LogP contribution in [0.2, 0.25) is 13.1 Å². The fourth-order valence-electron chi connectivity index (χ4n) is 8.69. The van der Waals surface area contributed by atoms with Crippen LogP contribution in [0.15, 0.2) is 173 Å². The second-order valence-electron chi connectivity index (χ2n) is 14.5. The van der Waals surface area contributed by atoms with E-state index >= 15 is 0 Å². The van der Waals surface area contributed by atoms with Crippen LogP contribution in [0.1, 0.15) is 0 Å². The molecule has 0 N–H and O–H groups in total. The predicted octanol–water partition coefficient (Wildman–Crippen LogP) is 12.6. The molecule has 8 aromatic carbocycles. The van der Waals surface area contributed by atoms with Crippen molar-refractivity contribution in [2.45, 2.75) is 13.1 Å². The topological polar surface area (TPSA) is 29.5 Å². The molecule has 0 aliphatic carbocycles. The standard InChI is InChI=1S/C48H33NO2Si/c1-52(2)44-26-25-37-36-15-5-7-18-41(36)51-48(37)47(44)39-24-23-35(29-45(39)52)49(40-17-10-20-43-46(40)38-16-6-8-19-42(38)50-43)34-14-9-13-32(28-34)33-22-21-30-11-3-4-12-31(30)27-33/h3-29H,1-2H3. The van der Waals surface area contributed by atoms with E-state index in [1.165, 1.54) is 54.2 Å². The summed E-state index contributed by atoms with van der Waals surface area (Å²) in [4.78, 5) is 2.43. The van der Waals surface area contributed by atoms with Crippen molar-refractivity contribution in [2.75, 3.05) is 4.90 Å². The van der Waals surface area contributed by atoms with Crippen LogP contribution in [0.4, 0.5) is 17.1 Å². The molecule has 0 spiro atoms. The van der Waals surface area contributed by atoms with Gasteiger partial charge >= 0.3 is 0 Å². The molecule has 0 atom stereocenters. The lowest BCUT2D eigenvalue weighted by molar-refractivity contribution is 0.669. The molecule has 0 unspecified atom stereocenters. The molecular weight excluding hydrogens is 651 g/mol. The minimum absolute atomic E-state index is 0.880. The van der Waals surface area contributed by atoms with E-state index in [9.17, 15) is 0 Å². The first-order chi connectivity index (χ1) is 25.5. The maximum absolute atomic E-state index is 6.63. The average Bonchev–Trinajstić information content (AvgIpc) is 3.83. The van der Waals surface area contributed by atoms with Gasteiger partial charge in [-0.2, -0.15) is 0 Å². The Morgan fingerprint density at radius 2 is 1.17 bits per heavy atom. The molecule has 0 fully saturated rings. The molecule has 1 aliphatic rings. The van der Waals surface area contributed by atoms with Gasteiger partial charge in [0.15, 0.2) is 0 Å². The minimum Gasteiger partial charge on any atom is -0.456 e. The highest BCUT2D eigenvalue weighted by Gasteiger charge is 2.40. The Kier molecular flexibility index (Phi) is 6.11.